The van der Waals surface area contributed by atoms with E-state index in [4.69, 9.17) is 56.5 Å². The van der Waals surface area contributed by atoms with Crippen LogP contribution >= 0.6 is 63.0 Å². The smallest absolute Gasteiger partial charge is 0.270 e. The van der Waals surface area contributed by atoms with Gasteiger partial charge in [-0.15, -0.1) is 0 Å². The van der Waals surface area contributed by atoms with Crippen molar-refractivity contribution in [2.24, 2.45) is 0 Å². The van der Waals surface area contributed by atoms with Crippen LogP contribution in [0.5, 0.6) is 11.5 Å². The van der Waals surface area contributed by atoms with Crippen LogP contribution in [-0.4, -0.2) is 23.5 Å². The topological polar surface area (TPSA) is 67.9 Å². The Hall–Kier alpha value is -2.62. The first-order valence-corrected chi connectivity index (χ1v) is 13.2. The quantitative estimate of drug-likeness (QED) is 0.168. The van der Waals surface area contributed by atoms with Gasteiger partial charge in [0.25, 0.3) is 11.8 Å². The predicted octanol–water partition coefficient (Wildman–Crippen LogP) is 7.22. The van der Waals surface area contributed by atoms with E-state index in [0.29, 0.717) is 43.9 Å². The van der Waals surface area contributed by atoms with E-state index >= 15 is 0 Å². The molecule has 3 aromatic rings. The minimum Gasteiger partial charge on any atom is -0.490 e. The van der Waals surface area contributed by atoms with E-state index in [1.165, 1.54) is 12.1 Å². The monoisotopic (exact) mass is 638 g/mol. The number of benzene rings is 3. The third-order valence-corrected chi connectivity index (χ3v) is 7.01. The summed E-state index contributed by atoms with van der Waals surface area (Å²) < 4.78 is 12.4. The Morgan fingerprint density at radius 3 is 2.49 bits per heavy atom. The number of carbonyl (C=O) groups is 2. The summed E-state index contributed by atoms with van der Waals surface area (Å²) in [6.45, 7) is 2.42. The third-order valence-electron chi connectivity index (χ3n) is 5.22. The maximum Gasteiger partial charge on any atom is 0.270 e. The van der Waals surface area contributed by atoms with E-state index in [9.17, 15) is 9.59 Å². The molecule has 0 aromatic heterocycles. The van der Waals surface area contributed by atoms with Gasteiger partial charge in [-0.3, -0.25) is 19.8 Å². The van der Waals surface area contributed by atoms with E-state index in [0.717, 1.165) is 10.5 Å². The van der Waals surface area contributed by atoms with Crippen LogP contribution in [0.4, 0.5) is 5.69 Å². The molecule has 0 bridgehead atoms. The van der Waals surface area contributed by atoms with Gasteiger partial charge >= 0.3 is 0 Å². The summed E-state index contributed by atoms with van der Waals surface area (Å²) in [6, 6.07) is 15.4. The number of hydrogen-bond donors (Lipinski definition) is 1. The molecule has 0 radical (unpaired) electrons. The van der Waals surface area contributed by atoms with Gasteiger partial charge in [0.2, 0.25) is 0 Å². The molecule has 1 aliphatic heterocycles. The van der Waals surface area contributed by atoms with Gasteiger partial charge in [0, 0.05) is 15.6 Å². The lowest BCUT2D eigenvalue weighted by Gasteiger charge is -2.29. The van der Waals surface area contributed by atoms with Crippen LogP contribution in [0.3, 0.4) is 0 Å². The summed E-state index contributed by atoms with van der Waals surface area (Å²) >= 11 is 27.3. The second kappa shape index (κ2) is 11.8. The largest absolute Gasteiger partial charge is 0.490 e. The summed E-state index contributed by atoms with van der Waals surface area (Å²) in [5.74, 6) is -0.387. The van der Waals surface area contributed by atoms with Crippen LogP contribution in [0.25, 0.3) is 6.08 Å². The molecule has 190 valence electrons. The van der Waals surface area contributed by atoms with Crippen molar-refractivity contribution in [3.8, 4) is 11.5 Å². The van der Waals surface area contributed by atoms with Gasteiger partial charge in [-0.1, -0.05) is 53.0 Å². The van der Waals surface area contributed by atoms with Crippen LogP contribution in [0, 0.1) is 0 Å². The van der Waals surface area contributed by atoms with Crippen LogP contribution in [0.15, 0.2) is 64.6 Å². The molecule has 1 heterocycles. The lowest BCUT2D eigenvalue weighted by Crippen LogP contribution is -2.54. The molecule has 6 nitrogen and oxygen atoms in total. The minimum absolute atomic E-state index is 0.0871. The molecule has 4 rings (SSSR count). The molecule has 0 atom stereocenters. The SMILES string of the molecule is CCOc1cc(/C=C2\C(=O)NC(=S)N(c3ccc(Cl)cc3Cl)C2=O)cc(Br)c1OCc1ccccc1Cl. The third kappa shape index (κ3) is 6.10. The molecule has 37 heavy (non-hydrogen) atoms. The van der Waals surface area contributed by atoms with Gasteiger partial charge in [0.15, 0.2) is 16.6 Å². The molecule has 0 spiro atoms. The normalized spacial score (nSPS) is 14.7. The maximum atomic E-state index is 13.4. The molecule has 1 N–H and O–H groups in total. The summed E-state index contributed by atoms with van der Waals surface area (Å²) in [5.41, 5.74) is 1.49. The van der Waals surface area contributed by atoms with Crippen molar-refractivity contribution in [3.63, 3.8) is 0 Å². The second-order valence-electron chi connectivity index (χ2n) is 7.70. The standard InChI is InChI=1S/C26H18BrCl3N2O4S/c1-2-35-22-11-14(10-18(27)23(22)36-13-15-5-3-4-6-19(15)29)9-17-24(33)31-26(37)32(25(17)34)21-8-7-16(28)12-20(21)30/h3-12H,2,13H2,1H3,(H,31,33,37)/b17-9+. The zero-order valence-electron chi connectivity index (χ0n) is 19.2. The summed E-state index contributed by atoms with van der Waals surface area (Å²) in [6.07, 6.45) is 1.45. The molecule has 0 aliphatic carbocycles. The van der Waals surface area contributed by atoms with Crippen molar-refractivity contribution in [2.75, 3.05) is 11.5 Å². The number of amides is 2. The first kappa shape index (κ1) is 27.4. The highest BCUT2D eigenvalue weighted by atomic mass is 79.9. The van der Waals surface area contributed by atoms with Gasteiger partial charge in [-0.2, -0.15) is 0 Å². The van der Waals surface area contributed by atoms with E-state index < -0.39 is 11.8 Å². The zero-order valence-corrected chi connectivity index (χ0v) is 23.9. The van der Waals surface area contributed by atoms with Crippen molar-refractivity contribution in [1.29, 1.82) is 0 Å². The Morgan fingerprint density at radius 1 is 1.03 bits per heavy atom. The molecule has 1 aliphatic rings. The number of carbonyl (C=O) groups excluding carboxylic acids is 2. The fourth-order valence-corrected chi connectivity index (χ4v) is 5.08. The van der Waals surface area contributed by atoms with Gasteiger partial charge in [0.05, 0.1) is 21.8 Å². The average Bonchev–Trinajstić information content (AvgIpc) is 2.83. The summed E-state index contributed by atoms with van der Waals surface area (Å²) in [5, 5.41) is 3.64. The van der Waals surface area contributed by atoms with Gasteiger partial charge in [0.1, 0.15) is 12.2 Å². The predicted molar refractivity (Wildman–Crippen MR) is 154 cm³/mol. The van der Waals surface area contributed by atoms with Crippen molar-refractivity contribution < 1.29 is 19.1 Å². The fourth-order valence-electron chi connectivity index (χ4n) is 3.55. The zero-order chi connectivity index (χ0) is 26.7. The lowest BCUT2D eigenvalue weighted by atomic mass is 10.1. The highest BCUT2D eigenvalue weighted by Gasteiger charge is 2.35. The van der Waals surface area contributed by atoms with Crippen molar-refractivity contribution in [3.05, 3.63) is 90.8 Å². The molecule has 3 aromatic carbocycles. The number of nitrogens with one attached hydrogen (secondary N) is 1. The molecule has 11 heteroatoms. The number of nitrogens with zero attached hydrogens (tertiary/aromatic N) is 1. The molecular formula is C26H18BrCl3N2O4S. The van der Waals surface area contributed by atoms with Crippen LogP contribution < -0.4 is 19.7 Å². The molecule has 1 saturated heterocycles. The summed E-state index contributed by atoms with van der Waals surface area (Å²) in [7, 11) is 0. The summed E-state index contributed by atoms with van der Waals surface area (Å²) in [4.78, 5) is 27.3. The number of ether oxygens (including phenoxy) is 2. The van der Waals surface area contributed by atoms with Crippen molar-refractivity contribution in [2.45, 2.75) is 13.5 Å². The number of hydrogen-bond acceptors (Lipinski definition) is 5. The molecule has 0 saturated carbocycles. The molecule has 2 amide bonds. The number of rotatable bonds is 7. The molecule has 0 unspecified atom stereocenters. The maximum absolute atomic E-state index is 13.4. The van der Waals surface area contributed by atoms with Gasteiger partial charge in [-0.25, -0.2) is 0 Å². The Kier molecular flexibility index (Phi) is 8.77. The van der Waals surface area contributed by atoms with E-state index in [2.05, 4.69) is 21.2 Å². The van der Waals surface area contributed by atoms with Crippen LogP contribution in [0.2, 0.25) is 15.1 Å². The van der Waals surface area contributed by atoms with Crippen LogP contribution in [-0.2, 0) is 16.2 Å². The fraction of sp³-hybridized carbons (Fsp3) is 0.115. The average molecular weight is 641 g/mol. The highest BCUT2D eigenvalue weighted by molar-refractivity contribution is 9.10. The Labute approximate surface area is 242 Å². The van der Waals surface area contributed by atoms with Gasteiger partial charge in [-0.05, 0) is 83.1 Å². The second-order valence-corrected chi connectivity index (χ2v) is 10.2. The van der Waals surface area contributed by atoms with Crippen molar-refractivity contribution in [1.82, 2.24) is 5.32 Å². The highest BCUT2D eigenvalue weighted by Crippen LogP contribution is 2.39. The first-order chi connectivity index (χ1) is 17.7. The Morgan fingerprint density at radius 2 is 1.78 bits per heavy atom. The molecular weight excluding hydrogens is 623 g/mol. The first-order valence-electron chi connectivity index (χ1n) is 10.9. The van der Waals surface area contributed by atoms with Crippen molar-refractivity contribution >= 4 is 91.6 Å². The number of thiocarbonyl (C=S) groups is 1. The number of halogens is 4. The molecule has 1 fully saturated rings. The van der Waals surface area contributed by atoms with E-state index in [1.54, 1.807) is 30.3 Å². The van der Waals surface area contributed by atoms with Gasteiger partial charge < -0.3 is 9.47 Å². The lowest BCUT2D eigenvalue weighted by molar-refractivity contribution is -0.122. The number of anilines is 1. The Balaban J connectivity index is 1.68. The van der Waals surface area contributed by atoms with E-state index in [-0.39, 0.29) is 22.3 Å². The van der Waals surface area contributed by atoms with Crippen LogP contribution in [0.1, 0.15) is 18.1 Å². The Bertz CT molecular complexity index is 1450. The minimum atomic E-state index is -0.635. The van der Waals surface area contributed by atoms with E-state index in [1.807, 2.05) is 25.1 Å².